The van der Waals surface area contributed by atoms with Crippen LogP contribution in [0.2, 0.25) is 0 Å². The molecule has 0 spiro atoms. The van der Waals surface area contributed by atoms with Crippen LogP contribution in [0.3, 0.4) is 0 Å². The van der Waals surface area contributed by atoms with Crippen LogP contribution < -0.4 is 10.2 Å². The molecule has 0 bridgehead atoms. The standard InChI is InChI=1S/C20H21BrN4O2/c1-27-14-6-8-17-18(12-14)23-19(22-17)15-7-5-13(11-16(15)21)20(26)24-25-9-3-2-4-10-25/h5-8,11-12H,2-4,9-10H2,1H3,(H,22,23)(H,24,26). The van der Waals surface area contributed by atoms with E-state index in [-0.39, 0.29) is 5.91 Å². The summed E-state index contributed by atoms with van der Waals surface area (Å²) < 4.78 is 6.08. The van der Waals surface area contributed by atoms with Gasteiger partial charge in [-0.3, -0.25) is 10.2 Å². The van der Waals surface area contributed by atoms with Gasteiger partial charge in [-0.15, -0.1) is 0 Å². The minimum Gasteiger partial charge on any atom is -0.497 e. The number of hydrogen-bond acceptors (Lipinski definition) is 4. The number of benzene rings is 2. The third kappa shape index (κ3) is 3.84. The molecule has 2 N–H and O–H groups in total. The van der Waals surface area contributed by atoms with Crippen LogP contribution in [0.5, 0.6) is 5.75 Å². The minimum absolute atomic E-state index is 0.0847. The predicted molar refractivity (Wildman–Crippen MR) is 109 cm³/mol. The van der Waals surface area contributed by atoms with Gasteiger partial charge in [0.15, 0.2) is 0 Å². The van der Waals surface area contributed by atoms with Crippen molar-refractivity contribution in [2.75, 3.05) is 20.2 Å². The van der Waals surface area contributed by atoms with Gasteiger partial charge in [-0.25, -0.2) is 9.99 Å². The number of imidazole rings is 1. The molecule has 7 heteroatoms. The van der Waals surface area contributed by atoms with Crippen molar-refractivity contribution >= 4 is 32.9 Å². The lowest BCUT2D eigenvalue weighted by molar-refractivity contribution is 0.0750. The Labute approximate surface area is 166 Å². The second kappa shape index (κ2) is 7.70. The number of aromatic amines is 1. The molecule has 27 heavy (non-hydrogen) atoms. The van der Waals surface area contributed by atoms with E-state index in [0.29, 0.717) is 5.56 Å². The number of halogens is 1. The van der Waals surface area contributed by atoms with E-state index in [0.717, 1.165) is 58.6 Å². The maximum Gasteiger partial charge on any atom is 0.265 e. The highest BCUT2D eigenvalue weighted by molar-refractivity contribution is 9.10. The van der Waals surface area contributed by atoms with Crippen LogP contribution >= 0.6 is 15.9 Å². The van der Waals surface area contributed by atoms with Gasteiger partial charge < -0.3 is 9.72 Å². The zero-order chi connectivity index (χ0) is 18.8. The lowest BCUT2D eigenvalue weighted by atomic mass is 10.1. The molecule has 0 saturated carbocycles. The van der Waals surface area contributed by atoms with Crippen molar-refractivity contribution < 1.29 is 9.53 Å². The Morgan fingerprint density at radius 2 is 2.00 bits per heavy atom. The highest BCUT2D eigenvalue weighted by Gasteiger charge is 2.16. The number of nitrogens with one attached hydrogen (secondary N) is 2. The van der Waals surface area contributed by atoms with Crippen LogP contribution in [0, 0.1) is 0 Å². The first-order valence-corrected chi connectivity index (χ1v) is 9.83. The third-order valence-corrected chi connectivity index (χ3v) is 5.45. The van der Waals surface area contributed by atoms with Crippen molar-refractivity contribution in [2.24, 2.45) is 0 Å². The zero-order valence-corrected chi connectivity index (χ0v) is 16.7. The van der Waals surface area contributed by atoms with Crippen LogP contribution in [0.4, 0.5) is 0 Å². The molecule has 1 aromatic heterocycles. The number of fused-ring (bicyclic) bond motifs is 1. The van der Waals surface area contributed by atoms with Gasteiger partial charge in [0.2, 0.25) is 0 Å². The van der Waals surface area contributed by atoms with Gasteiger partial charge in [-0.2, -0.15) is 0 Å². The van der Waals surface area contributed by atoms with Gasteiger partial charge >= 0.3 is 0 Å². The van der Waals surface area contributed by atoms with Crippen molar-refractivity contribution in [3.63, 3.8) is 0 Å². The van der Waals surface area contributed by atoms with E-state index >= 15 is 0 Å². The summed E-state index contributed by atoms with van der Waals surface area (Å²) >= 11 is 3.58. The first kappa shape index (κ1) is 18.0. The maximum atomic E-state index is 12.5. The van der Waals surface area contributed by atoms with Crippen LogP contribution in [0.1, 0.15) is 29.6 Å². The van der Waals surface area contributed by atoms with Gasteiger partial charge in [-0.05, 0) is 43.2 Å². The first-order chi connectivity index (χ1) is 13.1. The molecule has 6 nitrogen and oxygen atoms in total. The summed E-state index contributed by atoms with van der Waals surface area (Å²) in [4.78, 5) is 20.5. The fourth-order valence-corrected chi connectivity index (χ4v) is 3.87. The number of carbonyl (C=O) groups is 1. The Balaban J connectivity index is 1.57. The molecule has 0 unspecified atom stereocenters. The van der Waals surface area contributed by atoms with Crippen LogP contribution in [0.25, 0.3) is 22.4 Å². The number of hydrogen-bond donors (Lipinski definition) is 2. The molecule has 1 saturated heterocycles. The molecule has 1 aliphatic heterocycles. The third-order valence-electron chi connectivity index (χ3n) is 4.79. The van der Waals surface area contributed by atoms with Crippen molar-refractivity contribution in [3.8, 4) is 17.1 Å². The van der Waals surface area contributed by atoms with Crippen LogP contribution in [0.15, 0.2) is 40.9 Å². The van der Waals surface area contributed by atoms with Crippen LogP contribution in [-0.4, -0.2) is 41.1 Å². The predicted octanol–water partition coefficient (Wildman–Crippen LogP) is 4.13. The number of H-pyrrole nitrogens is 1. The Kier molecular flexibility index (Phi) is 5.13. The number of rotatable bonds is 4. The number of piperidine rings is 1. The van der Waals surface area contributed by atoms with Crippen LogP contribution in [-0.2, 0) is 0 Å². The number of hydrazine groups is 1. The fraction of sp³-hybridized carbons (Fsp3) is 0.300. The molecule has 4 rings (SSSR count). The Morgan fingerprint density at radius 3 is 2.74 bits per heavy atom. The molecule has 1 aliphatic rings. The van der Waals surface area contributed by atoms with E-state index in [2.05, 4.69) is 31.3 Å². The average molecular weight is 429 g/mol. The molecule has 1 fully saturated rings. The topological polar surface area (TPSA) is 70.2 Å². The van der Waals surface area contributed by atoms with Crippen molar-refractivity contribution in [3.05, 3.63) is 46.4 Å². The van der Waals surface area contributed by atoms with E-state index in [1.165, 1.54) is 6.42 Å². The zero-order valence-electron chi connectivity index (χ0n) is 15.1. The smallest absolute Gasteiger partial charge is 0.265 e. The van der Waals surface area contributed by atoms with Crippen molar-refractivity contribution in [1.29, 1.82) is 0 Å². The Hall–Kier alpha value is -2.38. The number of nitrogens with zero attached hydrogens (tertiary/aromatic N) is 2. The van der Waals surface area contributed by atoms with Crippen molar-refractivity contribution in [1.82, 2.24) is 20.4 Å². The first-order valence-electron chi connectivity index (χ1n) is 9.03. The minimum atomic E-state index is -0.0847. The Bertz CT molecular complexity index is 979. The average Bonchev–Trinajstić information content (AvgIpc) is 3.11. The van der Waals surface area contributed by atoms with Gasteiger partial charge in [-0.1, -0.05) is 22.4 Å². The molecule has 2 heterocycles. The van der Waals surface area contributed by atoms with Gasteiger partial charge in [0.05, 0.1) is 18.1 Å². The van der Waals surface area contributed by atoms with Gasteiger partial charge in [0.1, 0.15) is 11.6 Å². The summed E-state index contributed by atoms with van der Waals surface area (Å²) in [5, 5.41) is 2.00. The molecule has 2 aromatic carbocycles. The van der Waals surface area contributed by atoms with E-state index in [1.807, 2.05) is 41.4 Å². The van der Waals surface area contributed by atoms with E-state index in [9.17, 15) is 4.79 Å². The highest BCUT2D eigenvalue weighted by Crippen LogP contribution is 2.30. The molecule has 1 amide bonds. The number of carbonyl (C=O) groups excluding carboxylic acids is 1. The molecule has 3 aromatic rings. The molecule has 140 valence electrons. The summed E-state index contributed by atoms with van der Waals surface area (Å²) in [7, 11) is 1.64. The van der Waals surface area contributed by atoms with E-state index in [4.69, 9.17) is 4.74 Å². The molecule has 0 radical (unpaired) electrons. The molecular weight excluding hydrogens is 408 g/mol. The quantitative estimate of drug-likeness (QED) is 0.655. The van der Waals surface area contributed by atoms with Gasteiger partial charge in [0.25, 0.3) is 5.91 Å². The van der Waals surface area contributed by atoms with Crippen molar-refractivity contribution in [2.45, 2.75) is 19.3 Å². The normalized spacial score (nSPS) is 15.0. The summed E-state index contributed by atoms with van der Waals surface area (Å²) in [6.07, 6.45) is 3.48. The summed E-state index contributed by atoms with van der Waals surface area (Å²) in [5.74, 6) is 1.44. The lowest BCUT2D eigenvalue weighted by Gasteiger charge is -2.26. The second-order valence-corrected chi connectivity index (χ2v) is 7.51. The second-order valence-electron chi connectivity index (χ2n) is 6.65. The maximum absolute atomic E-state index is 12.5. The van der Waals surface area contributed by atoms with E-state index < -0.39 is 0 Å². The lowest BCUT2D eigenvalue weighted by Crippen LogP contribution is -2.45. The number of methoxy groups -OCH3 is 1. The summed E-state index contributed by atoms with van der Waals surface area (Å²) in [5.41, 5.74) is 6.29. The number of aromatic nitrogens is 2. The molecular formula is C20H21BrN4O2. The van der Waals surface area contributed by atoms with E-state index in [1.54, 1.807) is 7.11 Å². The summed E-state index contributed by atoms with van der Waals surface area (Å²) in [6.45, 7) is 1.82. The fourth-order valence-electron chi connectivity index (χ4n) is 3.31. The largest absolute Gasteiger partial charge is 0.497 e. The summed E-state index contributed by atoms with van der Waals surface area (Å²) in [6, 6.07) is 11.3. The molecule has 0 atom stereocenters. The number of amides is 1. The SMILES string of the molecule is COc1ccc2nc(-c3ccc(C(=O)NN4CCCCC4)cc3Br)[nH]c2c1. The highest BCUT2D eigenvalue weighted by atomic mass is 79.9. The number of ether oxygens (including phenoxy) is 1. The monoisotopic (exact) mass is 428 g/mol. The van der Waals surface area contributed by atoms with Gasteiger partial charge in [0, 0.05) is 34.8 Å². The Morgan fingerprint density at radius 1 is 1.19 bits per heavy atom. The molecule has 0 aliphatic carbocycles.